The highest BCUT2D eigenvalue weighted by molar-refractivity contribution is 5.74. The summed E-state index contributed by atoms with van der Waals surface area (Å²) >= 11 is 0. The van der Waals surface area contributed by atoms with Gasteiger partial charge >= 0.3 is 0 Å². The second-order valence-electron chi connectivity index (χ2n) is 4.33. The molecule has 0 spiro atoms. The Bertz CT molecular complexity index is 662. The van der Waals surface area contributed by atoms with Gasteiger partial charge in [0.1, 0.15) is 19.0 Å². The smallest absolute Gasteiger partial charge is 0.163 e. The summed E-state index contributed by atoms with van der Waals surface area (Å²) in [4.78, 5) is 0. The standard InChI is InChI=1S/C14H12F2N2O2/c15-8-5-10(16)14(17)11(6-8)18-9-1-2-12-13(7-9)20-4-3-19-12/h1-2,5-7,18H,3-4,17H2. The Morgan fingerprint density at radius 3 is 2.55 bits per heavy atom. The van der Waals surface area contributed by atoms with Crippen LogP contribution in [0.3, 0.4) is 0 Å². The summed E-state index contributed by atoms with van der Waals surface area (Å²) in [5.74, 6) is -0.279. The quantitative estimate of drug-likeness (QED) is 0.829. The fourth-order valence-corrected chi connectivity index (χ4v) is 1.96. The molecule has 3 rings (SSSR count). The van der Waals surface area contributed by atoms with E-state index in [0.717, 1.165) is 12.1 Å². The minimum atomic E-state index is -0.801. The molecule has 0 fully saturated rings. The fourth-order valence-electron chi connectivity index (χ4n) is 1.96. The molecule has 0 radical (unpaired) electrons. The van der Waals surface area contributed by atoms with E-state index in [1.807, 2.05) is 0 Å². The Morgan fingerprint density at radius 2 is 1.75 bits per heavy atom. The molecule has 0 saturated carbocycles. The second kappa shape index (κ2) is 4.88. The van der Waals surface area contributed by atoms with E-state index in [1.54, 1.807) is 18.2 Å². The maximum absolute atomic E-state index is 13.4. The average molecular weight is 278 g/mol. The van der Waals surface area contributed by atoms with Crippen LogP contribution in [0.4, 0.5) is 25.8 Å². The zero-order chi connectivity index (χ0) is 14.1. The van der Waals surface area contributed by atoms with Crippen LogP contribution >= 0.6 is 0 Å². The molecule has 1 aliphatic rings. The predicted molar refractivity (Wildman–Crippen MR) is 71.5 cm³/mol. The summed E-state index contributed by atoms with van der Waals surface area (Å²) in [6.07, 6.45) is 0. The van der Waals surface area contributed by atoms with Crippen molar-refractivity contribution < 1.29 is 18.3 Å². The van der Waals surface area contributed by atoms with Crippen LogP contribution < -0.4 is 20.5 Å². The van der Waals surface area contributed by atoms with Crippen molar-refractivity contribution in [1.29, 1.82) is 0 Å². The summed E-state index contributed by atoms with van der Waals surface area (Å²) in [6, 6.07) is 7.01. The Labute approximate surface area is 114 Å². The molecule has 2 aromatic rings. The molecule has 104 valence electrons. The molecule has 20 heavy (non-hydrogen) atoms. The Kier molecular flexibility index (Phi) is 3.06. The number of ether oxygens (including phenoxy) is 2. The summed E-state index contributed by atoms with van der Waals surface area (Å²) in [7, 11) is 0. The van der Waals surface area contributed by atoms with Crippen LogP contribution in [0, 0.1) is 11.6 Å². The van der Waals surface area contributed by atoms with E-state index in [-0.39, 0.29) is 11.4 Å². The van der Waals surface area contributed by atoms with Crippen LogP contribution in [0.15, 0.2) is 30.3 Å². The minimum Gasteiger partial charge on any atom is -0.486 e. The third-order valence-corrected chi connectivity index (χ3v) is 2.92. The topological polar surface area (TPSA) is 56.5 Å². The van der Waals surface area contributed by atoms with Gasteiger partial charge in [-0.25, -0.2) is 8.78 Å². The van der Waals surface area contributed by atoms with Gasteiger partial charge in [-0.05, 0) is 18.2 Å². The van der Waals surface area contributed by atoms with Gasteiger partial charge < -0.3 is 20.5 Å². The summed E-state index contributed by atoms with van der Waals surface area (Å²) in [6.45, 7) is 0.967. The van der Waals surface area contributed by atoms with Gasteiger partial charge in [-0.3, -0.25) is 0 Å². The second-order valence-corrected chi connectivity index (χ2v) is 4.33. The molecule has 4 nitrogen and oxygen atoms in total. The third kappa shape index (κ3) is 2.32. The summed E-state index contributed by atoms with van der Waals surface area (Å²) in [5.41, 5.74) is 6.21. The predicted octanol–water partition coefficient (Wildman–Crippen LogP) is 3.06. The fraction of sp³-hybridized carbons (Fsp3) is 0.143. The van der Waals surface area contributed by atoms with Crippen LogP contribution in [-0.4, -0.2) is 13.2 Å². The van der Waals surface area contributed by atoms with Gasteiger partial charge in [-0.2, -0.15) is 0 Å². The zero-order valence-corrected chi connectivity index (χ0v) is 10.5. The minimum absolute atomic E-state index is 0.138. The van der Waals surface area contributed by atoms with Gasteiger partial charge in [-0.1, -0.05) is 0 Å². The Morgan fingerprint density at radius 1 is 1.00 bits per heavy atom. The van der Waals surface area contributed by atoms with E-state index >= 15 is 0 Å². The lowest BCUT2D eigenvalue weighted by Gasteiger charge is -2.19. The maximum Gasteiger partial charge on any atom is 0.163 e. The van der Waals surface area contributed by atoms with Crippen LogP contribution in [-0.2, 0) is 0 Å². The molecule has 2 aromatic carbocycles. The zero-order valence-electron chi connectivity index (χ0n) is 10.5. The van der Waals surface area contributed by atoms with Crippen molar-refractivity contribution in [2.24, 2.45) is 0 Å². The van der Waals surface area contributed by atoms with Crippen LogP contribution in [0.2, 0.25) is 0 Å². The lowest BCUT2D eigenvalue weighted by Crippen LogP contribution is -2.15. The van der Waals surface area contributed by atoms with Crippen molar-refractivity contribution in [3.63, 3.8) is 0 Å². The van der Waals surface area contributed by atoms with E-state index in [9.17, 15) is 8.78 Å². The molecule has 0 saturated heterocycles. The molecule has 0 aromatic heterocycles. The van der Waals surface area contributed by atoms with Gasteiger partial charge in [-0.15, -0.1) is 0 Å². The maximum atomic E-state index is 13.4. The molecule has 0 amide bonds. The highest BCUT2D eigenvalue weighted by Crippen LogP contribution is 2.35. The van der Waals surface area contributed by atoms with Crippen molar-refractivity contribution in [2.45, 2.75) is 0 Å². The van der Waals surface area contributed by atoms with E-state index in [1.165, 1.54) is 0 Å². The van der Waals surface area contributed by atoms with Crippen LogP contribution in [0.25, 0.3) is 0 Å². The summed E-state index contributed by atoms with van der Waals surface area (Å²) in [5, 5.41) is 2.86. The first kappa shape index (κ1) is 12.5. The van der Waals surface area contributed by atoms with Crippen molar-refractivity contribution in [3.8, 4) is 11.5 Å². The van der Waals surface area contributed by atoms with Gasteiger partial charge in [0.15, 0.2) is 17.3 Å². The first-order valence-corrected chi connectivity index (χ1v) is 6.04. The molecule has 0 bridgehead atoms. The largest absolute Gasteiger partial charge is 0.486 e. The van der Waals surface area contributed by atoms with Crippen molar-refractivity contribution in [2.75, 3.05) is 24.3 Å². The number of hydrogen-bond donors (Lipinski definition) is 2. The highest BCUT2D eigenvalue weighted by atomic mass is 19.1. The summed E-state index contributed by atoms with van der Waals surface area (Å²) < 4.78 is 37.4. The number of rotatable bonds is 2. The molecule has 1 heterocycles. The number of fused-ring (bicyclic) bond motifs is 1. The van der Waals surface area contributed by atoms with Gasteiger partial charge in [0.05, 0.1) is 11.4 Å². The molecule has 0 aliphatic carbocycles. The lowest BCUT2D eigenvalue weighted by molar-refractivity contribution is 0.171. The van der Waals surface area contributed by atoms with E-state index < -0.39 is 11.6 Å². The van der Waals surface area contributed by atoms with Crippen LogP contribution in [0.5, 0.6) is 11.5 Å². The average Bonchev–Trinajstić information content (AvgIpc) is 2.44. The molecular formula is C14H12F2N2O2. The van der Waals surface area contributed by atoms with Crippen molar-refractivity contribution in [3.05, 3.63) is 42.0 Å². The van der Waals surface area contributed by atoms with Gasteiger partial charge in [0.25, 0.3) is 0 Å². The van der Waals surface area contributed by atoms with E-state index in [0.29, 0.717) is 30.4 Å². The molecule has 0 atom stereocenters. The van der Waals surface area contributed by atoms with Crippen molar-refractivity contribution >= 4 is 17.1 Å². The van der Waals surface area contributed by atoms with Crippen LogP contribution in [0.1, 0.15) is 0 Å². The Balaban J connectivity index is 1.91. The van der Waals surface area contributed by atoms with E-state index in [2.05, 4.69) is 5.32 Å². The number of benzene rings is 2. The van der Waals surface area contributed by atoms with Crippen molar-refractivity contribution in [1.82, 2.24) is 0 Å². The number of nitrogens with two attached hydrogens (primary N) is 1. The molecular weight excluding hydrogens is 266 g/mol. The van der Waals surface area contributed by atoms with Gasteiger partial charge in [0.2, 0.25) is 0 Å². The number of nitrogens with one attached hydrogen (secondary N) is 1. The first-order valence-electron chi connectivity index (χ1n) is 6.04. The lowest BCUT2D eigenvalue weighted by atomic mass is 10.2. The molecule has 1 aliphatic heterocycles. The number of anilines is 3. The number of hydrogen-bond acceptors (Lipinski definition) is 4. The molecule has 6 heteroatoms. The third-order valence-electron chi connectivity index (χ3n) is 2.92. The molecule has 3 N–H and O–H groups in total. The monoisotopic (exact) mass is 278 g/mol. The number of halogens is 2. The highest BCUT2D eigenvalue weighted by Gasteiger charge is 2.13. The van der Waals surface area contributed by atoms with Gasteiger partial charge in [0, 0.05) is 17.8 Å². The number of nitrogen functional groups attached to an aromatic ring is 1. The molecule has 0 unspecified atom stereocenters. The van der Waals surface area contributed by atoms with E-state index in [4.69, 9.17) is 15.2 Å². The normalized spacial score (nSPS) is 13.1. The SMILES string of the molecule is Nc1c(F)cc(F)cc1Nc1ccc2c(c1)OCCO2. The Hall–Kier alpha value is -2.50. The first-order chi connectivity index (χ1) is 9.63.